The fourth-order valence-corrected chi connectivity index (χ4v) is 5.35. The van der Waals surface area contributed by atoms with Crippen LogP contribution in [-0.4, -0.2) is 57.3 Å². The van der Waals surface area contributed by atoms with Gasteiger partial charge in [0.1, 0.15) is 17.8 Å². The molecule has 3 aromatic rings. The molecule has 10 heteroatoms. The number of alkyl carbamates (subject to hydrolysis) is 1. The van der Waals surface area contributed by atoms with Crippen LogP contribution in [0, 0.1) is 0 Å². The number of carbonyl (C=O) groups excluding carboxylic acids is 1. The Morgan fingerprint density at radius 2 is 1.30 bits per heavy atom. The van der Waals surface area contributed by atoms with Gasteiger partial charge in [-0.3, -0.25) is 4.18 Å². The Labute approximate surface area is 274 Å². The summed E-state index contributed by atoms with van der Waals surface area (Å²) in [6.45, 7) is 9.74. The molecule has 46 heavy (non-hydrogen) atoms. The largest absolute Gasteiger partial charge is 0.444 e. The third-order valence-electron chi connectivity index (χ3n) is 6.71. The number of benzene rings is 3. The van der Waals surface area contributed by atoms with Crippen molar-refractivity contribution in [2.45, 2.75) is 83.4 Å². The minimum Gasteiger partial charge on any atom is -0.444 e. The first-order valence-electron chi connectivity index (χ1n) is 15.3. The topological polar surface area (TPSA) is 109 Å². The predicted octanol–water partition coefficient (Wildman–Crippen LogP) is 6.58. The summed E-state index contributed by atoms with van der Waals surface area (Å²) in [5.41, 5.74) is 2.02. The monoisotopic (exact) mass is 653 g/mol. The van der Waals surface area contributed by atoms with Crippen molar-refractivity contribution >= 4 is 16.2 Å². The van der Waals surface area contributed by atoms with Crippen LogP contribution in [0.1, 0.15) is 50.3 Å². The molecule has 0 heterocycles. The minimum absolute atomic E-state index is 0.0990. The quantitative estimate of drug-likeness (QED) is 0.114. The summed E-state index contributed by atoms with van der Waals surface area (Å²) >= 11 is 0. The van der Waals surface area contributed by atoms with Crippen LogP contribution < -0.4 is 5.32 Å². The van der Waals surface area contributed by atoms with Gasteiger partial charge in [-0.15, -0.1) is 6.58 Å². The van der Waals surface area contributed by atoms with Crippen molar-refractivity contribution in [3.8, 4) is 0 Å². The Morgan fingerprint density at radius 1 is 0.804 bits per heavy atom. The molecule has 0 aliphatic carbocycles. The van der Waals surface area contributed by atoms with Crippen molar-refractivity contribution in [2.24, 2.45) is 0 Å². The van der Waals surface area contributed by atoms with E-state index in [4.69, 9.17) is 23.1 Å². The second kappa shape index (κ2) is 18.6. The van der Waals surface area contributed by atoms with Crippen LogP contribution in [-0.2, 0) is 53.1 Å². The molecule has 0 aliphatic rings. The number of hydrogen-bond donors (Lipinski definition) is 1. The lowest BCUT2D eigenvalue weighted by Gasteiger charge is -2.35. The van der Waals surface area contributed by atoms with Crippen LogP contribution in [0.2, 0.25) is 0 Å². The van der Waals surface area contributed by atoms with Gasteiger partial charge in [0.05, 0.1) is 38.8 Å². The molecule has 0 aromatic heterocycles. The van der Waals surface area contributed by atoms with Crippen LogP contribution in [0.5, 0.6) is 0 Å². The van der Waals surface area contributed by atoms with Gasteiger partial charge < -0.3 is 24.3 Å². The molecule has 4 atom stereocenters. The summed E-state index contributed by atoms with van der Waals surface area (Å²) in [5, 5.41) is 2.93. The Bertz CT molecular complexity index is 1410. The zero-order valence-corrected chi connectivity index (χ0v) is 28.0. The first kappa shape index (κ1) is 36.9. The molecule has 0 aliphatic heterocycles. The van der Waals surface area contributed by atoms with E-state index in [0.29, 0.717) is 6.42 Å². The highest BCUT2D eigenvalue weighted by atomic mass is 32.2. The molecule has 3 rings (SSSR count). The van der Waals surface area contributed by atoms with E-state index in [9.17, 15) is 13.2 Å². The maximum atomic E-state index is 12.8. The van der Waals surface area contributed by atoms with E-state index in [1.54, 1.807) is 26.8 Å². The highest BCUT2D eigenvalue weighted by molar-refractivity contribution is 7.86. The van der Waals surface area contributed by atoms with Crippen LogP contribution >= 0.6 is 0 Å². The van der Waals surface area contributed by atoms with Crippen LogP contribution in [0.3, 0.4) is 0 Å². The van der Waals surface area contributed by atoms with E-state index in [0.717, 1.165) is 22.9 Å². The lowest BCUT2D eigenvalue weighted by molar-refractivity contribution is -0.142. The Balaban J connectivity index is 1.97. The molecule has 250 valence electrons. The second-order valence-corrected chi connectivity index (χ2v) is 13.6. The molecule has 0 spiro atoms. The van der Waals surface area contributed by atoms with E-state index in [-0.39, 0.29) is 32.8 Å². The van der Waals surface area contributed by atoms with Gasteiger partial charge in [-0.05, 0) is 50.3 Å². The molecule has 0 saturated carbocycles. The highest BCUT2D eigenvalue weighted by Crippen LogP contribution is 2.24. The number of nitrogens with one attached hydrogen (secondary N) is 1. The molecular weight excluding hydrogens is 606 g/mol. The van der Waals surface area contributed by atoms with Crippen molar-refractivity contribution in [3.05, 3.63) is 120 Å². The van der Waals surface area contributed by atoms with Gasteiger partial charge in [-0.25, -0.2) is 4.79 Å². The molecule has 0 fully saturated rings. The minimum atomic E-state index is -3.95. The molecular formula is C36H47NO8S. The van der Waals surface area contributed by atoms with Gasteiger partial charge in [0.15, 0.2) is 0 Å². The number of rotatable bonds is 19. The summed E-state index contributed by atoms with van der Waals surface area (Å²) in [4.78, 5) is 12.8. The van der Waals surface area contributed by atoms with Gasteiger partial charge in [-0.2, -0.15) is 8.42 Å². The van der Waals surface area contributed by atoms with Crippen LogP contribution in [0.4, 0.5) is 4.79 Å². The number of amides is 1. The van der Waals surface area contributed by atoms with Crippen LogP contribution in [0.25, 0.3) is 0 Å². The third-order valence-corrected chi connectivity index (χ3v) is 7.30. The first-order valence-corrected chi connectivity index (χ1v) is 17.1. The fraction of sp³-hybridized carbons (Fsp3) is 0.417. The van der Waals surface area contributed by atoms with E-state index in [1.165, 1.54) is 0 Å². The SMILES string of the molecule is C=CCC(C[C@@H](OCc1ccccc1)[C@@H](OCc1ccccc1)[C@@H](COCc1ccccc1)OS(C)(=O)=O)NC(=O)OC(C)(C)C. The van der Waals surface area contributed by atoms with Crippen LogP contribution in [0.15, 0.2) is 104 Å². The summed E-state index contributed by atoms with van der Waals surface area (Å²) in [7, 11) is -3.95. The number of hydrogen-bond acceptors (Lipinski definition) is 8. The zero-order valence-electron chi connectivity index (χ0n) is 27.2. The normalized spacial score (nSPS) is 14.5. The fourth-order valence-electron chi connectivity index (χ4n) is 4.73. The molecule has 9 nitrogen and oxygen atoms in total. The molecule has 1 amide bonds. The first-order chi connectivity index (χ1) is 21.9. The molecule has 1 unspecified atom stereocenters. The molecule has 1 N–H and O–H groups in total. The predicted molar refractivity (Wildman–Crippen MR) is 178 cm³/mol. The lowest BCUT2D eigenvalue weighted by Crippen LogP contribution is -2.49. The maximum Gasteiger partial charge on any atom is 0.407 e. The molecule has 0 radical (unpaired) electrons. The molecule has 3 aromatic carbocycles. The number of ether oxygens (including phenoxy) is 4. The standard InChI is InChI=1S/C36H47NO8S/c1-6-16-31(37-35(38)44-36(2,3)4)23-32(42-25-29-19-12-8-13-20-29)34(43-26-30-21-14-9-15-22-30)33(45-46(5,39)40)27-41-24-28-17-10-7-11-18-28/h6-15,17-22,31-34H,1,16,23-27H2,2-5H3,(H,37,38)/t31?,32-,33-,34-/m1/s1. The van der Waals surface area contributed by atoms with Gasteiger partial charge in [0.2, 0.25) is 0 Å². The van der Waals surface area contributed by atoms with E-state index in [1.807, 2.05) is 91.0 Å². The Morgan fingerprint density at radius 3 is 1.78 bits per heavy atom. The van der Waals surface area contributed by atoms with Gasteiger partial charge >= 0.3 is 6.09 Å². The van der Waals surface area contributed by atoms with E-state index in [2.05, 4.69) is 11.9 Å². The summed E-state index contributed by atoms with van der Waals surface area (Å²) in [5.74, 6) is 0. The van der Waals surface area contributed by atoms with Gasteiger partial charge in [0.25, 0.3) is 10.1 Å². The van der Waals surface area contributed by atoms with Gasteiger partial charge in [-0.1, -0.05) is 97.1 Å². The average molecular weight is 654 g/mol. The zero-order chi connectivity index (χ0) is 33.4. The van der Waals surface area contributed by atoms with E-state index >= 15 is 0 Å². The summed E-state index contributed by atoms with van der Waals surface area (Å²) in [6, 6.07) is 28.2. The second-order valence-electron chi connectivity index (χ2n) is 12.0. The van der Waals surface area contributed by atoms with Gasteiger partial charge in [0, 0.05) is 6.04 Å². The Kier molecular flexibility index (Phi) is 14.9. The summed E-state index contributed by atoms with van der Waals surface area (Å²) in [6.07, 6.45) is -0.0118. The van der Waals surface area contributed by atoms with Crippen molar-refractivity contribution in [3.63, 3.8) is 0 Å². The third kappa shape index (κ3) is 14.7. The van der Waals surface area contributed by atoms with Crippen molar-refractivity contribution in [2.75, 3.05) is 12.9 Å². The number of carbonyl (C=O) groups is 1. The average Bonchev–Trinajstić information content (AvgIpc) is 2.99. The summed E-state index contributed by atoms with van der Waals surface area (Å²) < 4.78 is 55.4. The molecule has 0 saturated heterocycles. The van der Waals surface area contributed by atoms with E-state index < -0.39 is 46.2 Å². The van der Waals surface area contributed by atoms with Crippen molar-refractivity contribution in [1.82, 2.24) is 5.32 Å². The van der Waals surface area contributed by atoms with Crippen molar-refractivity contribution in [1.29, 1.82) is 0 Å². The lowest BCUT2D eigenvalue weighted by atomic mass is 9.98. The smallest absolute Gasteiger partial charge is 0.407 e. The Hall–Kier alpha value is -3.54. The highest BCUT2D eigenvalue weighted by Gasteiger charge is 2.37. The molecule has 0 bridgehead atoms. The van der Waals surface area contributed by atoms with Crippen molar-refractivity contribution < 1.29 is 36.3 Å². The maximum absolute atomic E-state index is 12.8.